The molecular weight excluding hydrogens is 326 g/mol. The Morgan fingerprint density at radius 3 is 2.62 bits per heavy atom. The standard InChI is InChI=1S/C16H23N5O2S/c1-17-15(24)19-10-14-11-21(16(22)23-14)13-4-2-12(3-5-13)20-8-6-18-7-9-20/h2-5,14,18H,6-11H2,1H3,(H2,17,19,24)/t14-/m0/s1. The summed E-state index contributed by atoms with van der Waals surface area (Å²) in [6.07, 6.45) is -0.524. The van der Waals surface area contributed by atoms with Crippen LogP contribution < -0.4 is 25.8 Å². The first-order valence-electron chi connectivity index (χ1n) is 8.17. The molecule has 0 bridgehead atoms. The summed E-state index contributed by atoms with van der Waals surface area (Å²) < 4.78 is 5.39. The van der Waals surface area contributed by atoms with Gasteiger partial charge in [0.15, 0.2) is 5.11 Å². The normalized spacial score (nSPS) is 20.7. The Bertz CT molecular complexity index is 589. The summed E-state index contributed by atoms with van der Waals surface area (Å²) in [5.41, 5.74) is 2.04. The van der Waals surface area contributed by atoms with Crippen LogP contribution in [0.5, 0.6) is 0 Å². The van der Waals surface area contributed by atoms with Gasteiger partial charge in [0.1, 0.15) is 6.10 Å². The van der Waals surface area contributed by atoms with Crippen molar-refractivity contribution in [3.63, 3.8) is 0 Å². The fourth-order valence-corrected chi connectivity index (χ4v) is 2.98. The van der Waals surface area contributed by atoms with Gasteiger partial charge in [-0.3, -0.25) is 4.90 Å². The predicted molar refractivity (Wildman–Crippen MR) is 98.8 cm³/mol. The van der Waals surface area contributed by atoms with E-state index in [0.29, 0.717) is 18.2 Å². The molecule has 2 fully saturated rings. The zero-order valence-corrected chi connectivity index (χ0v) is 14.6. The van der Waals surface area contributed by atoms with E-state index in [4.69, 9.17) is 17.0 Å². The average Bonchev–Trinajstić information content (AvgIpc) is 3.01. The van der Waals surface area contributed by atoms with Gasteiger partial charge in [-0.25, -0.2) is 4.79 Å². The molecule has 3 rings (SSSR count). The summed E-state index contributed by atoms with van der Waals surface area (Å²) in [7, 11) is 1.75. The SMILES string of the molecule is CNC(=S)NC[C@H]1CN(c2ccc(N3CCNCC3)cc2)C(=O)O1. The Hall–Kier alpha value is -2.06. The van der Waals surface area contributed by atoms with Gasteiger partial charge in [0, 0.05) is 44.6 Å². The Balaban J connectivity index is 1.59. The molecule has 7 nitrogen and oxygen atoms in total. The maximum absolute atomic E-state index is 12.1. The van der Waals surface area contributed by atoms with Crippen LogP contribution in [0.25, 0.3) is 0 Å². The van der Waals surface area contributed by atoms with E-state index in [2.05, 4.69) is 33.0 Å². The lowest BCUT2D eigenvalue weighted by atomic mass is 10.2. The van der Waals surface area contributed by atoms with Crippen LogP contribution in [0.2, 0.25) is 0 Å². The average molecular weight is 349 g/mol. The van der Waals surface area contributed by atoms with Crippen LogP contribution in [-0.2, 0) is 4.74 Å². The van der Waals surface area contributed by atoms with Gasteiger partial charge < -0.3 is 25.6 Å². The van der Waals surface area contributed by atoms with Crippen LogP contribution in [0.3, 0.4) is 0 Å². The molecule has 24 heavy (non-hydrogen) atoms. The third-order valence-corrected chi connectivity index (χ3v) is 4.58. The van der Waals surface area contributed by atoms with Crippen molar-refractivity contribution in [1.82, 2.24) is 16.0 Å². The lowest BCUT2D eigenvalue weighted by molar-refractivity contribution is 0.143. The highest BCUT2D eigenvalue weighted by atomic mass is 32.1. The number of hydrogen-bond donors (Lipinski definition) is 3. The molecule has 1 atom stereocenters. The first kappa shape index (κ1) is 16.8. The van der Waals surface area contributed by atoms with Gasteiger partial charge in [-0.15, -0.1) is 0 Å². The van der Waals surface area contributed by atoms with Gasteiger partial charge in [0.25, 0.3) is 0 Å². The highest BCUT2D eigenvalue weighted by molar-refractivity contribution is 7.80. The molecule has 0 radical (unpaired) electrons. The van der Waals surface area contributed by atoms with E-state index >= 15 is 0 Å². The Morgan fingerprint density at radius 2 is 1.96 bits per heavy atom. The number of amides is 1. The summed E-state index contributed by atoms with van der Waals surface area (Å²) in [5.74, 6) is 0. The molecule has 0 aromatic heterocycles. The van der Waals surface area contributed by atoms with Gasteiger partial charge in [0.2, 0.25) is 0 Å². The number of rotatable bonds is 4. The van der Waals surface area contributed by atoms with Crippen LogP contribution in [0.4, 0.5) is 16.2 Å². The van der Waals surface area contributed by atoms with Gasteiger partial charge in [-0.05, 0) is 36.5 Å². The molecule has 0 aliphatic carbocycles. The summed E-state index contributed by atoms with van der Waals surface area (Å²) in [6.45, 7) is 5.03. The summed E-state index contributed by atoms with van der Waals surface area (Å²) >= 11 is 5.03. The van der Waals surface area contributed by atoms with Gasteiger partial charge >= 0.3 is 6.09 Å². The quantitative estimate of drug-likeness (QED) is 0.685. The molecule has 0 unspecified atom stereocenters. The van der Waals surface area contributed by atoms with Crippen molar-refractivity contribution in [2.75, 3.05) is 56.1 Å². The predicted octanol–water partition coefficient (Wildman–Crippen LogP) is 0.515. The first-order valence-corrected chi connectivity index (χ1v) is 8.57. The molecular formula is C16H23N5O2S. The lowest BCUT2D eigenvalue weighted by Crippen LogP contribution is -2.43. The number of carbonyl (C=O) groups excluding carboxylic acids is 1. The van der Waals surface area contributed by atoms with E-state index in [1.165, 1.54) is 5.69 Å². The molecule has 1 amide bonds. The lowest BCUT2D eigenvalue weighted by Gasteiger charge is -2.29. The van der Waals surface area contributed by atoms with Crippen molar-refractivity contribution in [1.29, 1.82) is 0 Å². The first-order chi connectivity index (χ1) is 11.7. The fourth-order valence-electron chi connectivity index (χ4n) is 2.90. The molecule has 0 spiro atoms. The van der Waals surface area contributed by atoms with Crippen LogP contribution in [0.1, 0.15) is 0 Å². The maximum atomic E-state index is 12.1. The Morgan fingerprint density at radius 1 is 1.29 bits per heavy atom. The highest BCUT2D eigenvalue weighted by Gasteiger charge is 2.32. The Kier molecular flexibility index (Phi) is 5.37. The van der Waals surface area contributed by atoms with Crippen molar-refractivity contribution in [3.8, 4) is 0 Å². The number of nitrogens with one attached hydrogen (secondary N) is 3. The van der Waals surface area contributed by atoms with Crippen molar-refractivity contribution in [2.45, 2.75) is 6.10 Å². The zero-order chi connectivity index (χ0) is 16.9. The molecule has 2 aliphatic rings. The van der Waals surface area contributed by atoms with Crippen LogP contribution in [0.15, 0.2) is 24.3 Å². The van der Waals surface area contributed by atoms with Crippen LogP contribution in [0, 0.1) is 0 Å². The van der Waals surface area contributed by atoms with Crippen molar-refractivity contribution in [3.05, 3.63) is 24.3 Å². The highest BCUT2D eigenvalue weighted by Crippen LogP contribution is 2.25. The number of anilines is 2. The number of thiocarbonyl (C=S) groups is 1. The second-order valence-corrected chi connectivity index (χ2v) is 6.24. The minimum Gasteiger partial charge on any atom is -0.442 e. The zero-order valence-electron chi connectivity index (χ0n) is 13.7. The molecule has 130 valence electrons. The van der Waals surface area contributed by atoms with E-state index < -0.39 is 0 Å². The number of ether oxygens (including phenoxy) is 1. The number of carbonyl (C=O) groups is 1. The molecule has 2 aliphatic heterocycles. The van der Waals surface area contributed by atoms with Gasteiger partial charge in [-0.2, -0.15) is 0 Å². The smallest absolute Gasteiger partial charge is 0.414 e. The number of nitrogens with zero attached hydrogens (tertiary/aromatic N) is 2. The van der Waals surface area contributed by atoms with E-state index in [9.17, 15) is 4.79 Å². The summed E-state index contributed by atoms with van der Waals surface area (Å²) in [5, 5.41) is 9.75. The minimum absolute atomic E-state index is 0.211. The molecule has 3 N–H and O–H groups in total. The molecule has 1 aromatic carbocycles. The molecule has 2 saturated heterocycles. The number of cyclic esters (lactones) is 1. The molecule has 0 saturated carbocycles. The topological polar surface area (TPSA) is 68.9 Å². The van der Waals surface area contributed by atoms with Crippen molar-refractivity contribution >= 4 is 34.8 Å². The minimum atomic E-state index is -0.313. The van der Waals surface area contributed by atoms with Crippen LogP contribution in [-0.4, -0.2) is 63.6 Å². The van der Waals surface area contributed by atoms with E-state index in [1.54, 1.807) is 11.9 Å². The van der Waals surface area contributed by atoms with E-state index in [0.717, 1.165) is 31.9 Å². The summed E-state index contributed by atoms with van der Waals surface area (Å²) in [6, 6.07) is 8.09. The van der Waals surface area contributed by atoms with Crippen molar-refractivity contribution < 1.29 is 9.53 Å². The second kappa shape index (κ2) is 7.67. The third kappa shape index (κ3) is 3.88. The van der Waals surface area contributed by atoms with E-state index in [1.807, 2.05) is 12.1 Å². The van der Waals surface area contributed by atoms with Gasteiger partial charge in [-0.1, -0.05) is 0 Å². The van der Waals surface area contributed by atoms with Crippen molar-refractivity contribution in [2.24, 2.45) is 0 Å². The maximum Gasteiger partial charge on any atom is 0.414 e. The Labute approximate surface area is 147 Å². The number of hydrogen-bond acceptors (Lipinski definition) is 5. The van der Waals surface area contributed by atoms with E-state index in [-0.39, 0.29) is 12.2 Å². The molecule has 1 aromatic rings. The number of piperazine rings is 1. The monoisotopic (exact) mass is 349 g/mol. The largest absolute Gasteiger partial charge is 0.442 e. The fraction of sp³-hybridized carbons (Fsp3) is 0.500. The van der Waals surface area contributed by atoms with Gasteiger partial charge in [0.05, 0.1) is 13.1 Å². The molecule has 2 heterocycles. The summed E-state index contributed by atoms with van der Waals surface area (Å²) in [4.78, 5) is 16.1. The van der Waals surface area contributed by atoms with Crippen LogP contribution >= 0.6 is 12.2 Å². The molecule has 8 heteroatoms. The second-order valence-electron chi connectivity index (χ2n) is 5.83. The number of benzene rings is 1. The third-order valence-electron chi connectivity index (χ3n) is 4.23.